The number of nitrogens with one attached hydrogen (secondary N) is 1. The van der Waals surface area contributed by atoms with Crippen molar-refractivity contribution in [3.05, 3.63) is 16.9 Å². The summed E-state index contributed by atoms with van der Waals surface area (Å²) in [5.74, 6) is 0. The summed E-state index contributed by atoms with van der Waals surface area (Å²) < 4.78 is 1.94. The highest BCUT2D eigenvalue weighted by atomic mass is 35.5. The van der Waals surface area contributed by atoms with Gasteiger partial charge < -0.3 is 5.32 Å². The Morgan fingerprint density at radius 2 is 2.62 bits per heavy atom. The van der Waals surface area contributed by atoms with Crippen LogP contribution in [0.15, 0.2) is 6.20 Å². The van der Waals surface area contributed by atoms with Crippen LogP contribution >= 0.6 is 11.6 Å². The standard InChI is InChI=1S/C9H14ClN3/c1-2-7-5-12-13(9(7)10)8-3-4-11-6-8/h5,8,11H,2-4,6H2,1H3. The van der Waals surface area contributed by atoms with Gasteiger partial charge in [-0.1, -0.05) is 18.5 Å². The molecule has 0 bridgehead atoms. The summed E-state index contributed by atoms with van der Waals surface area (Å²) in [4.78, 5) is 0. The molecule has 2 heterocycles. The van der Waals surface area contributed by atoms with E-state index in [0.29, 0.717) is 6.04 Å². The molecule has 1 aromatic rings. The highest BCUT2D eigenvalue weighted by Gasteiger charge is 2.20. The van der Waals surface area contributed by atoms with Crippen LogP contribution in [0.5, 0.6) is 0 Å². The van der Waals surface area contributed by atoms with Gasteiger partial charge in [-0.3, -0.25) is 0 Å². The van der Waals surface area contributed by atoms with E-state index >= 15 is 0 Å². The smallest absolute Gasteiger partial charge is 0.130 e. The number of rotatable bonds is 2. The fraction of sp³-hybridized carbons (Fsp3) is 0.667. The average molecular weight is 200 g/mol. The number of hydrogen-bond donors (Lipinski definition) is 1. The Hall–Kier alpha value is -0.540. The van der Waals surface area contributed by atoms with Crippen LogP contribution in [0, 0.1) is 0 Å². The molecular weight excluding hydrogens is 186 g/mol. The quantitative estimate of drug-likeness (QED) is 0.785. The molecule has 4 heteroatoms. The molecule has 1 N–H and O–H groups in total. The summed E-state index contributed by atoms with van der Waals surface area (Å²) in [6, 6.07) is 0.452. The molecule has 1 saturated heterocycles. The minimum Gasteiger partial charge on any atom is -0.315 e. The summed E-state index contributed by atoms with van der Waals surface area (Å²) in [6.07, 6.45) is 3.96. The van der Waals surface area contributed by atoms with Gasteiger partial charge in [0.2, 0.25) is 0 Å². The zero-order valence-corrected chi connectivity index (χ0v) is 8.51. The SMILES string of the molecule is CCc1cnn(C2CCNC2)c1Cl. The second-order valence-corrected chi connectivity index (χ2v) is 3.76. The van der Waals surface area contributed by atoms with Crippen LogP contribution in [-0.2, 0) is 6.42 Å². The molecule has 1 aliphatic heterocycles. The second kappa shape index (κ2) is 3.68. The number of aromatic nitrogens is 2. The lowest BCUT2D eigenvalue weighted by Crippen LogP contribution is -2.14. The maximum atomic E-state index is 6.18. The van der Waals surface area contributed by atoms with Gasteiger partial charge in [0.25, 0.3) is 0 Å². The first-order valence-corrected chi connectivity index (χ1v) is 5.13. The fourth-order valence-electron chi connectivity index (χ4n) is 1.72. The summed E-state index contributed by atoms with van der Waals surface area (Å²) in [7, 11) is 0. The Balaban J connectivity index is 2.24. The van der Waals surface area contributed by atoms with Gasteiger partial charge in [0.15, 0.2) is 0 Å². The van der Waals surface area contributed by atoms with Crippen molar-refractivity contribution < 1.29 is 0 Å². The highest BCUT2D eigenvalue weighted by molar-refractivity contribution is 6.30. The van der Waals surface area contributed by atoms with Crippen molar-refractivity contribution in [1.29, 1.82) is 0 Å². The molecule has 0 radical (unpaired) electrons. The van der Waals surface area contributed by atoms with E-state index in [-0.39, 0.29) is 0 Å². The van der Waals surface area contributed by atoms with Gasteiger partial charge in [-0.25, -0.2) is 4.68 Å². The van der Waals surface area contributed by atoms with Gasteiger partial charge in [-0.2, -0.15) is 5.10 Å². The van der Waals surface area contributed by atoms with Crippen LogP contribution < -0.4 is 5.32 Å². The molecule has 0 amide bonds. The summed E-state index contributed by atoms with van der Waals surface area (Å²) >= 11 is 6.18. The van der Waals surface area contributed by atoms with E-state index in [9.17, 15) is 0 Å². The van der Waals surface area contributed by atoms with Crippen LogP contribution in [0.25, 0.3) is 0 Å². The van der Waals surface area contributed by atoms with Gasteiger partial charge in [0.05, 0.1) is 12.2 Å². The van der Waals surface area contributed by atoms with Gasteiger partial charge in [-0.15, -0.1) is 0 Å². The van der Waals surface area contributed by atoms with Crippen molar-refractivity contribution >= 4 is 11.6 Å². The molecular formula is C9H14ClN3. The molecule has 0 aliphatic carbocycles. The van der Waals surface area contributed by atoms with Crippen LogP contribution in [0.4, 0.5) is 0 Å². The Morgan fingerprint density at radius 3 is 3.15 bits per heavy atom. The maximum Gasteiger partial charge on any atom is 0.130 e. The molecule has 1 aromatic heterocycles. The normalized spacial score (nSPS) is 22.5. The summed E-state index contributed by atoms with van der Waals surface area (Å²) in [5, 5.41) is 8.44. The van der Waals surface area contributed by atoms with Crippen LogP contribution in [-0.4, -0.2) is 22.9 Å². The third-order valence-electron chi connectivity index (χ3n) is 2.57. The maximum absolute atomic E-state index is 6.18. The number of halogens is 1. The Labute approximate surface area is 83.1 Å². The largest absolute Gasteiger partial charge is 0.315 e. The predicted molar refractivity (Wildman–Crippen MR) is 53.1 cm³/mol. The lowest BCUT2D eigenvalue weighted by molar-refractivity contribution is 0.491. The molecule has 2 rings (SSSR count). The van der Waals surface area contributed by atoms with Gasteiger partial charge in [-0.05, 0) is 19.4 Å². The number of nitrogens with zero attached hydrogens (tertiary/aromatic N) is 2. The van der Waals surface area contributed by atoms with Crippen molar-refractivity contribution in [2.75, 3.05) is 13.1 Å². The van der Waals surface area contributed by atoms with Crippen molar-refractivity contribution in [3.63, 3.8) is 0 Å². The molecule has 13 heavy (non-hydrogen) atoms. The molecule has 1 fully saturated rings. The fourth-order valence-corrected chi connectivity index (χ4v) is 2.09. The number of hydrogen-bond acceptors (Lipinski definition) is 2. The van der Waals surface area contributed by atoms with Crippen LogP contribution in [0.3, 0.4) is 0 Å². The van der Waals surface area contributed by atoms with Crippen LogP contribution in [0.2, 0.25) is 5.15 Å². The van der Waals surface area contributed by atoms with Crippen molar-refractivity contribution in [2.24, 2.45) is 0 Å². The first-order valence-electron chi connectivity index (χ1n) is 4.75. The minimum absolute atomic E-state index is 0.452. The predicted octanol–water partition coefficient (Wildman–Crippen LogP) is 1.63. The molecule has 1 aliphatic rings. The van der Waals surface area contributed by atoms with E-state index in [1.807, 2.05) is 10.9 Å². The molecule has 1 unspecified atom stereocenters. The molecule has 0 saturated carbocycles. The molecule has 3 nitrogen and oxygen atoms in total. The summed E-state index contributed by atoms with van der Waals surface area (Å²) in [5.41, 5.74) is 1.15. The van der Waals surface area contributed by atoms with Crippen molar-refractivity contribution in [1.82, 2.24) is 15.1 Å². The zero-order chi connectivity index (χ0) is 9.26. The lowest BCUT2D eigenvalue weighted by atomic mass is 10.2. The van der Waals surface area contributed by atoms with Gasteiger partial charge in [0, 0.05) is 12.1 Å². The topological polar surface area (TPSA) is 29.9 Å². The van der Waals surface area contributed by atoms with E-state index in [2.05, 4.69) is 17.3 Å². The zero-order valence-electron chi connectivity index (χ0n) is 7.76. The lowest BCUT2D eigenvalue weighted by Gasteiger charge is -2.10. The monoisotopic (exact) mass is 199 g/mol. The second-order valence-electron chi connectivity index (χ2n) is 3.41. The highest BCUT2D eigenvalue weighted by Crippen LogP contribution is 2.23. The first kappa shape index (κ1) is 9.03. The van der Waals surface area contributed by atoms with Crippen molar-refractivity contribution in [2.45, 2.75) is 25.8 Å². The Bertz CT molecular complexity index is 289. The van der Waals surface area contributed by atoms with Gasteiger partial charge in [0.1, 0.15) is 5.15 Å². The summed E-state index contributed by atoms with van der Waals surface area (Å²) in [6.45, 7) is 4.16. The Kier molecular flexibility index (Phi) is 2.56. The third-order valence-corrected chi connectivity index (χ3v) is 2.98. The third kappa shape index (κ3) is 1.58. The van der Waals surface area contributed by atoms with E-state index in [1.165, 1.54) is 0 Å². The van der Waals surface area contributed by atoms with E-state index in [4.69, 9.17) is 11.6 Å². The minimum atomic E-state index is 0.452. The molecule has 0 aromatic carbocycles. The molecule has 1 atom stereocenters. The van der Waals surface area contributed by atoms with E-state index < -0.39 is 0 Å². The average Bonchev–Trinajstić information content (AvgIpc) is 2.72. The Morgan fingerprint density at radius 1 is 1.77 bits per heavy atom. The van der Waals surface area contributed by atoms with Gasteiger partial charge >= 0.3 is 0 Å². The molecule has 72 valence electrons. The van der Waals surface area contributed by atoms with E-state index in [0.717, 1.165) is 36.6 Å². The van der Waals surface area contributed by atoms with Crippen molar-refractivity contribution in [3.8, 4) is 0 Å². The first-order chi connectivity index (χ1) is 6.33. The van der Waals surface area contributed by atoms with E-state index in [1.54, 1.807) is 0 Å². The number of aryl methyl sites for hydroxylation is 1. The van der Waals surface area contributed by atoms with Crippen LogP contribution in [0.1, 0.15) is 24.9 Å². The molecule has 0 spiro atoms.